The molecule has 1 heterocycles. The van der Waals surface area contributed by atoms with Gasteiger partial charge in [-0.25, -0.2) is 4.68 Å². The molecule has 5 heteroatoms. The number of nitrogens with zero attached hydrogens (tertiary/aromatic N) is 2. The van der Waals surface area contributed by atoms with E-state index in [2.05, 4.69) is 10.4 Å². The van der Waals surface area contributed by atoms with E-state index >= 15 is 0 Å². The van der Waals surface area contributed by atoms with Gasteiger partial charge in [0.1, 0.15) is 0 Å². The van der Waals surface area contributed by atoms with Gasteiger partial charge < -0.3 is 5.32 Å². The Bertz CT molecular complexity index is 799. The molecule has 1 N–H and O–H groups in total. The lowest BCUT2D eigenvalue weighted by Crippen LogP contribution is -2.26. The molecule has 116 valence electrons. The maximum atomic E-state index is 12.1. The highest BCUT2D eigenvalue weighted by molar-refractivity contribution is 6.30. The molecule has 1 aromatic heterocycles. The quantitative estimate of drug-likeness (QED) is 0.780. The molecule has 0 saturated carbocycles. The first-order valence-electron chi connectivity index (χ1n) is 7.36. The van der Waals surface area contributed by atoms with Gasteiger partial charge >= 0.3 is 0 Å². The summed E-state index contributed by atoms with van der Waals surface area (Å²) in [5.41, 5.74) is 2.41. The van der Waals surface area contributed by atoms with Crippen LogP contribution in [0.2, 0.25) is 5.02 Å². The van der Waals surface area contributed by atoms with Crippen LogP contribution in [0.4, 0.5) is 0 Å². The van der Waals surface area contributed by atoms with Crippen molar-refractivity contribution >= 4 is 17.5 Å². The third kappa shape index (κ3) is 3.99. The molecule has 1 amide bonds. The maximum Gasteiger partial charge on any atom is 0.271 e. The van der Waals surface area contributed by atoms with Gasteiger partial charge in [0.05, 0.1) is 5.69 Å². The number of hydrogen-bond donors (Lipinski definition) is 1. The Hall–Kier alpha value is -2.59. The van der Waals surface area contributed by atoms with Crippen LogP contribution in [-0.4, -0.2) is 22.2 Å². The fourth-order valence-corrected chi connectivity index (χ4v) is 2.49. The number of para-hydroxylation sites is 1. The zero-order valence-electron chi connectivity index (χ0n) is 12.4. The van der Waals surface area contributed by atoms with Crippen molar-refractivity contribution in [3.63, 3.8) is 0 Å². The summed E-state index contributed by atoms with van der Waals surface area (Å²) in [5.74, 6) is -0.179. The first kappa shape index (κ1) is 15.3. The van der Waals surface area contributed by atoms with Crippen molar-refractivity contribution < 1.29 is 4.79 Å². The molecule has 2 aromatic carbocycles. The lowest BCUT2D eigenvalue weighted by molar-refractivity contribution is 0.0948. The fourth-order valence-electron chi connectivity index (χ4n) is 2.27. The number of benzene rings is 2. The third-order valence-corrected chi connectivity index (χ3v) is 3.67. The average molecular weight is 326 g/mol. The smallest absolute Gasteiger partial charge is 0.271 e. The van der Waals surface area contributed by atoms with Crippen molar-refractivity contribution in [2.45, 2.75) is 6.42 Å². The summed E-state index contributed by atoms with van der Waals surface area (Å²) in [6, 6.07) is 19.0. The minimum atomic E-state index is -0.179. The van der Waals surface area contributed by atoms with Gasteiger partial charge in [-0.2, -0.15) is 5.10 Å². The molecular weight excluding hydrogens is 310 g/mol. The topological polar surface area (TPSA) is 46.9 Å². The Labute approximate surface area is 139 Å². The normalized spacial score (nSPS) is 10.5. The summed E-state index contributed by atoms with van der Waals surface area (Å²) in [5, 5.41) is 7.88. The molecule has 0 unspecified atom stereocenters. The third-order valence-electron chi connectivity index (χ3n) is 3.43. The van der Waals surface area contributed by atoms with E-state index in [0.717, 1.165) is 17.7 Å². The highest BCUT2D eigenvalue weighted by atomic mass is 35.5. The van der Waals surface area contributed by atoms with E-state index in [4.69, 9.17) is 11.6 Å². The van der Waals surface area contributed by atoms with Crippen LogP contribution in [0.25, 0.3) is 5.69 Å². The van der Waals surface area contributed by atoms with E-state index in [1.54, 1.807) is 16.9 Å². The van der Waals surface area contributed by atoms with E-state index in [9.17, 15) is 4.79 Å². The van der Waals surface area contributed by atoms with Crippen LogP contribution < -0.4 is 5.32 Å². The highest BCUT2D eigenvalue weighted by Gasteiger charge is 2.09. The van der Waals surface area contributed by atoms with Crippen molar-refractivity contribution in [1.29, 1.82) is 0 Å². The van der Waals surface area contributed by atoms with Crippen molar-refractivity contribution in [2.24, 2.45) is 0 Å². The molecule has 3 rings (SSSR count). The Kier molecular flexibility index (Phi) is 4.74. The Morgan fingerprint density at radius 1 is 1.09 bits per heavy atom. The number of amides is 1. The van der Waals surface area contributed by atoms with E-state index in [-0.39, 0.29) is 5.91 Å². The Balaban J connectivity index is 1.58. The summed E-state index contributed by atoms with van der Waals surface area (Å²) in [4.78, 5) is 12.1. The molecule has 3 aromatic rings. The first-order valence-corrected chi connectivity index (χ1v) is 7.74. The molecule has 0 spiro atoms. The average Bonchev–Trinajstić information content (AvgIpc) is 3.06. The molecule has 0 radical (unpaired) electrons. The number of aromatic nitrogens is 2. The lowest BCUT2D eigenvalue weighted by atomic mass is 10.1. The predicted octanol–water partition coefficient (Wildman–Crippen LogP) is 3.50. The SMILES string of the molecule is O=C(NCCc1cccc(Cl)c1)c1ccn(-c2ccccc2)n1. The van der Waals surface area contributed by atoms with Gasteiger partial charge in [0.15, 0.2) is 5.69 Å². The van der Waals surface area contributed by atoms with E-state index in [0.29, 0.717) is 17.3 Å². The largest absolute Gasteiger partial charge is 0.350 e. The van der Waals surface area contributed by atoms with E-state index < -0.39 is 0 Å². The summed E-state index contributed by atoms with van der Waals surface area (Å²) < 4.78 is 1.69. The van der Waals surface area contributed by atoms with E-state index in [1.165, 1.54) is 0 Å². The van der Waals surface area contributed by atoms with Gasteiger partial charge in [0.2, 0.25) is 0 Å². The molecule has 0 aliphatic carbocycles. The minimum Gasteiger partial charge on any atom is -0.350 e. The first-order chi connectivity index (χ1) is 11.2. The second-order valence-electron chi connectivity index (χ2n) is 5.12. The molecular formula is C18H16ClN3O. The van der Waals surface area contributed by atoms with Crippen molar-refractivity contribution in [3.8, 4) is 5.69 Å². The zero-order valence-corrected chi connectivity index (χ0v) is 13.2. The predicted molar refractivity (Wildman–Crippen MR) is 91.1 cm³/mol. The van der Waals surface area contributed by atoms with Crippen molar-refractivity contribution in [3.05, 3.63) is 83.1 Å². The van der Waals surface area contributed by atoms with Crippen LogP contribution in [0, 0.1) is 0 Å². The molecule has 0 fully saturated rings. The highest BCUT2D eigenvalue weighted by Crippen LogP contribution is 2.11. The van der Waals surface area contributed by atoms with Gasteiger partial charge in [-0.05, 0) is 42.3 Å². The monoisotopic (exact) mass is 325 g/mol. The summed E-state index contributed by atoms with van der Waals surface area (Å²) in [6.07, 6.45) is 2.51. The molecule has 0 aliphatic rings. The molecule has 0 atom stereocenters. The van der Waals surface area contributed by atoms with E-state index in [1.807, 2.05) is 54.6 Å². The van der Waals surface area contributed by atoms with Gasteiger partial charge in [0, 0.05) is 17.8 Å². The summed E-state index contributed by atoms with van der Waals surface area (Å²) >= 11 is 5.94. The van der Waals surface area contributed by atoms with Gasteiger partial charge in [-0.15, -0.1) is 0 Å². The Morgan fingerprint density at radius 3 is 2.70 bits per heavy atom. The minimum absolute atomic E-state index is 0.179. The standard InChI is InChI=1S/C18H16ClN3O/c19-15-6-4-5-14(13-15)9-11-20-18(23)17-10-12-22(21-17)16-7-2-1-3-8-16/h1-8,10,12-13H,9,11H2,(H,20,23). The molecule has 4 nitrogen and oxygen atoms in total. The lowest BCUT2D eigenvalue weighted by Gasteiger charge is -2.04. The Morgan fingerprint density at radius 2 is 1.91 bits per heavy atom. The number of carbonyl (C=O) groups is 1. The number of nitrogens with one attached hydrogen (secondary N) is 1. The zero-order chi connectivity index (χ0) is 16.1. The van der Waals surface area contributed by atoms with Crippen LogP contribution in [-0.2, 0) is 6.42 Å². The van der Waals surface area contributed by atoms with Crippen LogP contribution >= 0.6 is 11.6 Å². The fraction of sp³-hybridized carbons (Fsp3) is 0.111. The maximum absolute atomic E-state index is 12.1. The number of halogens is 1. The molecule has 0 aliphatic heterocycles. The van der Waals surface area contributed by atoms with Crippen LogP contribution in [0.15, 0.2) is 66.9 Å². The number of carbonyl (C=O) groups excluding carboxylic acids is 1. The van der Waals surface area contributed by atoms with Crippen molar-refractivity contribution in [1.82, 2.24) is 15.1 Å². The van der Waals surface area contributed by atoms with Crippen LogP contribution in [0.3, 0.4) is 0 Å². The second kappa shape index (κ2) is 7.11. The van der Waals surface area contributed by atoms with Crippen LogP contribution in [0.5, 0.6) is 0 Å². The number of hydrogen-bond acceptors (Lipinski definition) is 2. The van der Waals surface area contributed by atoms with Crippen LogP contribution in [0.1, 0.15) is 16.1 Å². The summed E-state index contributed by atoms with van der Waals surface area (Å²) in [6.45, 7) is 0.539. The summed E-state index contributed by atoms with van der Waals surface area (Å²) in [7, 11) is 0. The molecule has 0 bridgehead atoms. The molecule has 0 saturated heterocycles. The molecule has 23 heavy (non-hydrogen) atoms. The van der Waals surface area contributed by atoms with Gasteiger partial charge in [-0.1, -0.05) is 41.9 Å². The van der Waals surface area contributed by atoms with Crippen molar-refractivity contribution in [2.75, 3.05) is 6.54 Å². The van der Waals surface area contributed by atoms with Gasteiger partial charge in [0.25, 0.3) is 5.91 Å². The number of rotatable bonds is 5. The second-order valence-corrected chi connectivity index (χ2v) is 5.55. The van der Waals surface area contributed by atoms with Gasteiger partial charge in [-0.3, -0.25) is 4.79 Å².